The molecule has 1 aliphatic heterocycles. The summed E-state index contributed by atoms with van der Waals surface area (Å²) in [5.41, 5.74) is 0.494. The molecule has 9 heteroatoms. The Bertz CT molecular complexity index is 775. The first-order chi connectivity index (χ1) is 10.0. The number of hydrogen-bond donors (Lipinski definition) is 1. The first-order valence-electron chi connectivity index (χ1n) is 6.28. The Morgan fingerprint density at radius 2 is 2.14 bits per heavy atom. The van der Waals surface area contributed by atoms with Gasteiger partial charge in [-0.05, 0) is 17.7 Å². The predicted molar refractivity (Wildman–Crippen MR) is 75.0 cm³/mol. The van der Waals surface area contributed by atoms with Gasteiger partial charge >= 0.3 is 0 Å². The van der Waals surface area contributed by atoms with Crippen molar-refractivity contribution in [1.82, 2.24) is 19.1 Å². The maximum Gasteiger partial charge on any atom is 0.243 e. The number of hydrogen-bond acceptors (Lipinski definition) is 5. The van der Waals surface area contributed by atoms with Crippen molar-refractivity contribution < 1.29 is 13.5 Å². The van der Waals surface area contributed by atoms with Crippen molar-refractivity contribution in [1.29, 1.82) is 0 Å². The molecular formula is C12H13ClN4O3S. The minimum absolute atomic E-state index is 0.109. The number of fused-ring (bicyclic) bond motifs is 1. The summed E-state index contributed by atoms with van der Waals surface area (Å²) < 4.78 is 28.4. The summed E-state index contributed by atoms with van der Waals surface area (Å²) in [4.78, 5) is 0.109. The van der Waals surface area contributed by atoms with Gasteiger partial charge in [-0.15, -0.1) is 10.2 Å². The molecule has 7 nitrogen and oxygen atoms in total. The Kier molecular flexibility index (Phi) is 3.70. The number of rotatable bonds is 3. The Morgan fingerprint density at radius 1 is 1.33 bits per heavy atom. The summed E-state index contributed by atoms with van der Waals surface area (Å²) in [6.07, 6.45) is 1.59. The first kappa shape index (κ1) is 14.5. The van der Waals surface area contributed by atoms with Crippen LogP contribution in [0, 0.1) is 0 Å². The minimum atomic E-state index is -3.64. The number of aliphatic hydroxyl groups excluding tert-OH is 1. The van der Waals surface area contributed by atoms with E-state index < -0.39 is 10.0 Å². The van der Waals surface area contributed by atoms with Crippen LogP contribution in [0.25, 0.3) is 0 Å². The molecular weight excluding hydrogens is 316 g/mol. The Balaban J connectivity index is 1.93. The van der Waals surface area contributed by atoms with Gasteiger partial charge in [0.05, 0.1) is 18.0 Å². The molecule has 21 heavy (non-hydrogen) atoms. The maximum absolute atomic E-state index is 12.6. The van der Waals surface area contributed by atoms with Gasteiger partial charge in [0.15, 0.2) is 0 Å². The highest BCUT2D eigenvalue weighted by molar-refractivity contribution is 7.89. The monoisotopic (exact) mass is 328 g/mol. The normalized spacial score (nSPS) is 15.9. The highest BCUT2D eigenvalue weighted by atomic mass is 35.5. The van der Waals surface area contributed by atoms with Crippen molar-refractivity contribution in [3.05, 3.63) is 40.9 Å². The highest BCUT2D eigenvalue weighted by Gasteiger charge is 2.29. The fourth-order valence-electron chi connectivity index (χ4n) is 2.22. The van der Waals surface area contributed by atoms with Crippen LogP contribution in [0.2, 0.25) is 5.02 Å². The van der Waals surface area contributed by atoms with E-state index >= 15 is 0 Å². The average Bonchev–Trinajstić information content (AvgIpc) is 2.94. The second kappa shape index (κ2) is 5.38. The second-order valence-corrected chi connectivity index (χ2v) is 7.04. The third-order valence-corrected chi connectivity index (χ3v) is 5.63. The average molecular weight is 329 g/mol. The number of benzene rings is 1. The van der Waals surface area contributed by atoms with Gasteiger partial charge in [0.25, 0.3) is 0 Å². The van der Waals surface area contributed by atoms with E-state index in [1.54, 1.807) is 6.33 Å². The molecule has 0 bridgehead atoms. The lowest BCUT2D eigenvalue weighted by Crippen LogP contribution is -2.38. The fraction of sp³-hybridized carbons (Fsp3) is 0.333. The van der Waals surface area contributed by atoms with E-state index in [2.05, 4.69) is 10.2 Å². The molecule has 0 saturated heterocycles. The summed E-state index contributed by atoms with van der Waals surface area (Å²) >= 11 is 5.97. The van der Waals surface area contributed by atoms with Gasteiger partial charge in [0.1, 0.15) is 12.2 Å². The summed E-state index contributed by atoms with van der Waals surface area (Å²) in [5.74, 6) is 0.614. The number of nitrogens with zero attached hydrogens (tertiary/aromatic N) is 4. The largest absolute Gasteiger partial charge is 0.392 e. The van der Waals surface area contributed by atoms with Gasteiger partial charge in [-0.2, -0.15) is 4.31 Å². The predicted octanol–water partition coefficient (Wildman–Crippen LogP) is 0.628. The highest BCUT2D eigenvalue weighted by Crippen LogP contribution is 2.25. The summed E-state index contributed by atoms with van der Waals surface area (Å²) in [6, 6.07) is 4.33. The zero-order valence-electron chi connectivity index (χ0n) is 11.0. The smallest absolute Gasteiger partial charge is 0.243 e. The van der Waals surface area contributed by atoms with Gasteiger partial charge in [-0.1, -0.05) is 17.7 Å². The molecule has 0 unspecified atom stereocenters. The number of aliphatic hydroxyl groups is 1. The Labute approximate surface area is 126 Å². The van der Waals surface area contributed by atoms with Crippen LogP contribution in [0.5, 0.6) is 0 Å². The van der Waals surface area contributed by atoms with Crippen molar-refractivity contribution in [2.45, 2.75) is 24.6 Å². The number of halogens is 1. The molecule has 0 aliphatic carbocycles. The van der Waals surface area contributed by atoms with E-state index in [0.29, 0.717) is 24.5 Å². The fourth-order valence-corrected chi connectivity index (χ4v) is 3.93. The van der Waals surface area contributed by atoms with Gasteiger partial charge in [0, 0.05) is 18.1 Å². The van der Waals surface area contributed by atoms with Gasteiger partial charge < -0.3 is 9.67 Å². The minimum Gasteiger partial charge on any atom is -0.392 e. The molecule has 0 spiro atoms. The van der Waals surface area contributed by atoms with Crippen LogP contribution >= 0.6 is 11.6 Å². The Morgan fingerprint density at radius 3 is 2.86 bits per heavy atom. The zero-order valence-corrected chi connectivity index (χ0v) is 12.5. The Hall–Kier alpha value is -1.48. The molecule has 0 fully saturated rings. The van der Waals surface area contributed by atoms with Gasteiger partial charge in [-0.3, -0.25) is 0 Å². The van der Waals surface area contributed by atoms with Crippen molar-refractivity contribution in [3.8, 4) is 0 Å². The lowest BCUT2D eigenvalue weighted by molar-refractivity contribution is 0.282. The van der Waals surface area contributed by atoms with Crippen LogP contribution in [-0.2, 0) is 29.7 Å². The van der Waals surface area contributed by atoms with E-state index in [-0.39, 0.29) is 23.1 Å². The quantitative estimate of drug-likeness (QED) is 0.892. The molecule has 0 atom stereocenters. The molecule has 2 heterocycles. The van der Waals surface area contributed by atoms with Crippen LogP contribution in [0.4, 0.5) is 0 Å². The molecule has 2 aromatic rings. The van der Waals surface area contributed by atoms with Crippen LogP contribution in [0.1, 0.15) is 11.4 Å². The van der Waals surface area contributed by atoms with Crippen molar-refractivity contribution in [2.24, 2.45) is 0 Å². The molecule has 0 saturated carbocycles. The van der Waals surface area contributed by atoms with E-state index in [1.165, 1.54) is 22.5 Å². The second-order valence-electron chi connectivity index (χ2n) is 4.69. The van der Waals surface area contributed by atoms with Gasteiger partial charge in [-0.25, -0.2) is 8.42 Å². The molecule has 1 aromatic heterocycles. The third-order valence-electron chi connectivity index (χ3n) is 3.44. The van der Waals surface area contributed by atoms with Crippen LogP contribution in [0.3, 0.4) is 0 Å². The maximum atomic E-state index is 12.6. The summed E-state index contributed by atoms with van der Waals surface area (Å²) in [5, 5.41) is 17.0. The SMILES string of the molecule is O=S(=O)(c1ccc(CO)c(Cl)c1)N1CCn2cnnc2C1. The molecule has 1 N–H and O–H groups in total. The zero-order chi connectivity index (χ0) is 15.0. The lowest BCUT2D eigenvalue weighted by Gasteiger charge is -2.26. The molecule has 0 radical (unpaired) electrons. The van der Waals surface area contributed by atoms with Gasteiger partial charge in [0.2, 0.25) is 10.0 Å². The molecule has 1 aromatic carbocycles. The van der Waals surface area contributed by atoms with Crippen molar-refractivity contribution in [3.63, 3.8) is 0 Å². The van der Waals surface area contributed by atoms with E-state index in [1.807, 2.05) is 4.57 Å². The summed E-state index contributed by atoms with van der Waals surface area (Å²) in [6.45, 7) is 0.824. The van der Waals surface area contributed by atoms with Crippen LogP contribution in [0.15, 0.2) is 29.4 Å². The van der Waals surface area contributed by atoms with E-state index in [4.69, 9.17) is 16.7 Å². The van der Waals surface area contributed by atoms with E-state index in [9.17, 15) is 8.42 Å². The molecule has 3 rings (SSSR count). The van der Waals surface area contributed by atoms with Crippen LogP contribution in [-0.4, -0.2) is 39.1 Å². The lowest BCUT2D eigenvalue weighted by atomic mass is 10.2. The van der Waals surface area contributed by atoms with E-state index in [0.717, 1.165) is 0 Å². The van der Waals surface area contributed by atoms with Crippen molar-refractivity contribution >= 4 is 21.6 Å². The summed E-state index contributed by atoms with van der Waals surface area (Å²) in [7, 11) is -3.64. The number of sulfonamides is 1. The standard InChI is InChI=1S/C12H13ClN4O3S/c13-11-5-10(2-1-9(11)7-18)21(19,20)17-4-3-16-8-14-15-12(16)6-17/h1-2,5,8,18H,3-4,6-7H2. The third kappa shape index (κ3) is 2.55. The van der Waals surface area contributed by atoms with Crippen molar-refractivity contribution in [2.75, 3.05) is 6.54 Å². The van der Waals surface area contributed by atoms with Crippen LogP contribution < -0.4 is 0 Å². The molecule has 112 valence electrons. The molecule has 0 amide bonds. The number of aromatic nitrogens is 3. The molecule has 1 aliphatic rings. The first-order valence-corrected chi connectivity index (χ1v) is 8.10. The topological polar surface area (TPSA) is 88.3 Å².